The van der Waals surface area contributed by atoms with Gasteiger partial charge < -0.3 is 0 Å². The van der Waals surface area contributed by atoms with E-state index in [1.807, 2.05) is 30.3 Å². The Kier molecular flexibility index (Phi) is 4.60. The van der Waals surface area contributed by atoms with Gasteiger partial charge in [0.15, 0.2) is 5.78 Å². The van der Waals surface area contributed by atoms with Crippen LogP contribution in [0.1, 0.15) is 22.8 Å². The number of aromatic nitrogens is 2. The fraction of sp³-hybridized carbons (Fsp3) is 0.111. The van der Waals surface area contributed by atoms with E-state index < -0.39 is 5.56 Å². The molecule has 3 aromatic rings. The molecular weight excluding hydrogens is 347 g/mol. The van der Waals surface area contributed by atoms with E-state index >= 15 is 0 Å². The number of Topliss-reactive ketones (excluding diaryl/α,β-unsaturated/α-hetero) is 1. The minimum Gasteiger partial charge on any atom is -0.294 e. The van der Waals surface area contributed by atoms with Gasteiger partial charge in [0.05, 0.1) is 17.3 Å². The zero-order valence-corrected chi connectivity index (χ0v) is 14.4. The molecule has 122 valence electrons. The molecule has 0 unspecified atom stereocenters. The second-order valence-corrected chi connectivity index (χ2v) is 6.24. The van der Waals surface area contributed by atoms with Crippen molar-refractivity contribution in [1.29, 1.82) is 0 Å². The Hall–Kier alpha value is -2.30. The third kappa shape index (κ3) is 3.16. The SMILES string of the molecule is CC(=O)c1cn(Cc2ccccc2)n(-c2ccc(Cl)cc2Cl)c1=O. The summed E-state index contributed by atoms with van der Waals surface area (Å²) in [5.74, 6) is -0.286. The quantitative estimate of drug-likeness (QED) is 0.654. The minimum atomic E-state index is -0.400. The van der Waals surface area contributed by atoms with Crippen LogP contribution < -0.4 is 5.56 Å². The van der Waals surface area contributed by atoms with Crippen LogP contribution in [0.4, 0.5) is 0 Å². The molecule has 0 bridgehead atoms. The van der Waals surface area contributed by atoms with E-state index in [-0.39, 0.29) is 11.3 Å². The van der Waals surface area contributed by atoms with E-state index in [4.69, 9.17) is 23.2 Å². The van der Waals surface area contributed by atoms with Gasteiger partial charge in [-0.3, -0.25) is 14.3 Å². The van der Waals surface area contributed by atoms with Crippen molar-refractivity contribution in [1.82, 2.24) is 9.36 Å². The molecule has 4 nitrogen and oxygen atoms in total. The molecule has 0 atom stereocenters. The van der Waals surface area contributed by atoms with Gasteiger partial charge in [-0.05, 0) is 30.7 Å². The number of carbonyl (C=O) groups is 1. The molecule has 6 heteroatoms. The summed E-state index contributed by atoms with van der Waals surface area (Å²) in [4.78, 5) is 24.5. The predicted molar refractivity (Wildman–Crippen MR) is 95.6 cm³/mol. The summed E-state index contributed by atoms with van der Waals surface area (Å²) in [6, 6.07) is 14.5. The van der Waals surface area contributed by atoms with Crippen LogP contribution in [0.3, 0.4) is 0 Å². The predicted octanol–water partition coefficient (Wildman–Crippen LogP) is 4.20. The summed E-state index contributed by atoms with van der Waals surface area (Å²) >= 11 is 12.2. The molecule has 2 aromatic carbocycles. The fourth-order valence-electron chi connectivity index (χ4n) is 2.52. The highest BCUT2D eigenvalue weighted by molar-refractivity contribution is 6.35. The number of rotatable bonds is 4. The lowest BCUT2D eigenvalue weighted by molar-refractivity contribution is 0.101. The Balaban J connectivity index is 2.19. The number of nitrogens with zero attached hydrogens (tertiary/aromatic N) is 2. The Labute approximate surface area is 148 Å². The average Bonchev–Trinajstić information content (AvgIpc) is 2.85. The van der Waals surface area contributed by atoms with Crippen LogP contribution in [0.2, 0.25) is 10.0 Å². The molecule has 0 aliphatic carbocycles. The number of carbonyl (C=O) groups excluding carboxylic acids is 1. The number of ketones is 1. The maximum absolute atomic E-state index is 12.7. The third-order valence-corrected chi connectivity index (χ3v) is 4.20. The molecule has 0 amide bonds. The zero-order chi connectivity index (χ0) is 17.3. The number of hydrogen-bond acceptors (Lipinski definition) is 2. The molecule has 0 saturated heterocycles. The van der Waals surface area contributed by atoms with Gasteiger partial charge in [0.25, 0.3) is 5.56 Å². The van der Waals surface area contributed by atoms with Crippen LogP contribution in [0.25, 0.3) is 5.69 Å². The van der Waals surface area contributed by atoms with Gasteiger partial charge in [0.1, 0.15) is 5.56 Å². The van der Waals surface area contributed by atoms with Gasteiger partial charge in [-0.1, -0.05) is 53.5 Å². The Bertz CT molecular complexity index is 959. The lowest BCUT2D eigenvalue weighted by atomic mass is 10.2. The van der Waals surface area contributed by atoms with Gasteiger partial charge >= 0.3 is 0 Å². The Morgan fingerprint density at radius 3 is 2.42 bits per heavy atom. The molecule has 0 spiro atoms. The molecule has 1 aromatic heterocycles. The molecule has 0 N–H and O–H groups in total. The van der Waals surface area contributed by atoms with Crippen molar-refractivity contribution >= 4 is 29.0 Å². The first-order valence-electron chi connectivity index (χ1n) is 7.30. The molecule has 0 fully saturated rings. The second kappa shape index (κ2) is 6.67. The maximum atomic E-state index is 12.7. The smallest absolute Gasteiger partial charge is 0.282 e. The van der Waals surface area contributed by atoms with Crippen LogP contribution in [-0.4, -0.2) is 15.1 Å². The lowest BCUT2D eigenvalue weighted by Gasteiger charge is -2.13. The van der Waals surface area contributed by atoms with E-state index in [1.54, 1.807) is 29.1 Å². The first kappa shape index (κ1) is 16.6. The van der Waals surface area contributed by atoms with Crippen molar-refractivity contribution in [2.45, 2.75) is 13.5 Å². The lowest BCUT2D eigenvalue weighted by Crippen LogP contribution is -2.24. The van der Waals surface area contributed by atoms with Gasteiger partial charge in [0, 0.05) is 11.2 Å². The molecule has 0 aliphatic heterocycles. The highest BCUT2D eigenvalue weighted by Gasteiger charge is 2.18. The molecule has 24 heavy (non-hydrogen) atoms. The largest absolute Gasteiger partial charge is 0.294 e. The molecule has 1 heterocycles. The molecule has 3 rings (SSSR count). The highest BCUT2D eigenvalue weighted by atomic mass is 35.5. The Morgan fingerprint density at radius 1 is 1.08 bits per heavy atom. The topological polar surface area (TPSA) is 44.0 Å². The summed E-state index contributed by atoms with van der Waals surface area (Å²) < 4.78 is 3.09. The Morgan fingerprint density at radius 2 is 1.79 bits per heavy atom. The van der Waals surface area contributed by atoms with Gasteiger partial charge in [-0.15, -0.1) is 0 Å². The van der Waals surface area contributed by atoms with Crippen molar-refractivity contribution < 1.29 is 4.79 Å². The van der Waals surface area contributed by atoms with Crippen LogP contribution in [0.15, 0.2) is 59.5 Å². The van der Waals surface area contributed by atoms with Crippen LogP contribution in [-0.2, 0) is 6.54 Å². The standard InChI is InChI=1S/C18H14Cl2N2O2/c1-12(23)15-11-21(10-13-5-3-2-4-6-13)22(18(15)24)17-8-7-14(19)9-16(17)20/h2-9,11H,10H2,1H3. The summed E-state index contributed by atoms with van der Waals surface area (Å²) in [6.07, 6.45) is 1.56. The van der Waals surface area contributed by atoms with E-state index in [0.29, 0.717) is 22.3 Å². The monoisotopic (exact) mass is 360 g/mol. The third-order valence-electron chi connectivity index (χ3n) is 3.66. The normalized spacial score (nSPS) is 10.8. The first-order valence-corrected chi connectivity index (χ1v) is 8.05. The number of hydrogen-bond donors (Lipinski definition) is 0. The maximum Gasteiger partial charge on any atom is 0.282 e. The van der Waals surface area contributed by atoms with Crippen LogP contribution in [0, 0.1) is 0 Å². The number of benzene rings is 2. The van der Waals surface area contributed by atoms with Crippen molar-refractivity contribution in [2.75, 3.05) is 0 Å². The molecular formula is C18H14Cl2N2O2. The van der Waals surface area contributed by atoms with E-state index in [1.165, 1.54) is 11.6 Å². The van der Waals surface area contributed by atoms with Crippen molar-refractivity contribution in [3.8, 4) is 5.69 Å². The van der Waals surface area contributed by atoms with E-state index in [0.717, 1.165) is 5.56 Å². The van der Waals surface area contributed by atoms with Gasteiger partial charge in [-0.25, -0.2) is 4.68 Å². The minimum absolute atomic E-state index is 0.122. The van der Waals surface area contributed by atoms with E-state index in [9.17, 15) is 9.59 Å². The molecule has 0 aliphatic rings. The first-order chi connectivity index (χ1) is 11.5. The number of halogens is 2. The van der Waals surface area contributed by atoms with Crippen molar-refractivity contribution in [2.24, 2.45) is 0 Å². The average molecular weight is 361 g/mol. The summed E-state index contributed by atoms with van der Waals surface area (Å²) in [5, 5.41) is 0.817. The zero-order valence-electron chi connectivity index (χ0n) is 12.9. The van der Waals surface area contributed by atoms with Gasteiger partial charge in [0.2, 0.25) is 0 Å². The molecule has 0 radical (unpaired) electrons. The summed E-state index contributed by atoms with van der Waals surface area (Å²) in [5.41, 5.74) is 1.20. The van der Waals surface area contributed by atoms with Crippen molar-refractivity contribution in [3.05, 3.63) is 86.3 Å². The fourth-order valence-corrected chi connectivity index (χ4v) is 3.01. The van der Waals surface area contributed by atoms with Crippen LogP contribution in [0.5, 0.6) is 0 Å². The summed E-state index contributed by atoms with van der Waals surface area (Å²) in [7, 11) is 0. The van der Waals surface area contributed by atoms with Crippen molar-refractivity contribution in [3.63, 3.8) is 0 Å². The van der Waals surface area contributed by atoms with Gasteiger partial charge in [-0.2, -0.15) is 0 Å². The summed E-state index contributed by atoms with van der Waals surface area (Å²) in [6.45, 7) is 1.81. The van der Waals surface area contributed by atoms with E-state index in [2.05, 4.69) is 0 Å². The second-order valence-electron chi connectivity index (χ2n) is 5.39. The van der Waals surface area contributed by atoms with Crippen LogP contribution >= 0.6 is 23.2 Å². The highest BCUT2D eigenvalue weighted by Crippen LogP contribution is 2.24. The molecule has 0 saturated carbocycles.